The second-order valence-electron chi connectivity index (χ2n) is 4.71. The van der Waals surface area contributed by atoms with Crippen LogP contribution in [-0.4, -0.2) is 23.4 Å². The van der Waals surface area contributed by atoms with Crippen LogP contribution >= 0.6 is 0 Å². The minimum Gasteiger partial charge on any atom is -0.339 e. The summed E-state index contributed by atoms with van der Waals surface area (Å²) in [6, 6.07) is 2.35. The summed E-state index contributed by atoms with van der Waals surface area (Å²) in [4.78, 5) is 13.7. The van der Waals surface area contributed by atoms with E-state index in [-0.39, 0.29) is 12.3 Å². The maximum Gasteiger partial charge on any atom is 0.237 e. The van der Waals surface area contributed by atoms with Gasteiger partial charge in [-0.25, -0.2) is 0 Å². The van der Waals surface area contributed by atoms with Crippen LogP contribution in [0.2, 0.25) is 0 Å². The molecule has 0 aliphatic heterocycles. The van der Waals surface area contributed by atoms with Crippen LogP contribution in [0.5, 0.6) is 0 Å². The summed E-state index contributed by atoms with van der Waals surface area (Å²) in [6.45, 7) is 5.02. The molecule has 0 aromatic heterocycles. The van der Waals surface area contributed by atoms with Crippen molar-refractivity contribution in [3.63, 3.8) is 0 Å². The molecule has 0 bridgehead atoms. The van der Waals surface area contributed by atoms with E-state index in [0.717, 1.165) is 19.4 Å². The van der Waals surface area contributed by atoms with E-state index in [9.17, 15) is 4.79 Å². The molecule has 0 spiro atoms. The van der Waals surface area contributed by atoms with Gasteiger partial charge in [-0.2, -0.15) is 5.26 Å². The molecule has 1 amide bonds. The Kier molecular flexibility index (Phi) is 4.61. The lowest BCUT2D eigenvalue weighted by Crippen LogP contribution is -2.40. The van der Waals surface area contributed by atoms with Crippen molar-refractivity contribution in [2.75, 3.05) is 6.54 Å². The summed E-state index contributed by atoms with van der Waals surface area (Å²) in [5, 5.41) is 8.56. The third-order valence-electron chi connectivity index (χ3n) is 2.88. The van der Waals surface area contributed by atoms with E-state index in [1.165, 1.54) is 12.8 Å². The molecule has 1 rings (SSSR count). The molecule has 1 aliphatic rings. The van der Waals surface area contributed by atoms with Crippen LogP contribution in [0.25, 0.3) is 0 Å². The van der Waals surface area contributed by atoms with Crippen molar-refractivity contribution in [3.8, 4) is 6.07 Å². The molecule has 15 heavy (non-hydrogen) atoms. The highest BCUT2D eigenvalue weighted by molar-refractivity contribution is 5.78. The number of carbonyl (C=O) groups excluding carboxylic acids is 1. The third kappa shape index (κ3) is 3.54. The normalized spacial score (nSPS) is 16.7. The first-order valence-corrected chi connectivity index (χ1v) is 5.81. The van der Waals surface area contributed by atoms with Gasteiger partial charge in [-0.1, -0.05) is 26.7 Å². The zero-order valence-corrected chi connectivity index (χ0v) is 9.70. The Hall–Kier alpha value is -1.04. The van der Waals surface area contributed by atoms with E-state index in [1.807, 2.05) is 11.0 Å². The van der Waals surface area contributed by atoms with Crippen LogP contribution < -0.4 is 0 Å². The van der Waals surface area contributed by atoms with Gasteiger partial charge in [0.1, 0.15) is 6.42 Å². The zero-order chi connectivity index (χ0) is 11.3. The monoisotopic (exact) mass is 208 g/mol. The molecule has 1 fully saturated rings. The fraction of sp³-hybridized carbons (Fsp3) is 0.833. The quantitative estimate of drug-likeness (QED) is 0.711. The zero-order valence-electron chi connectivity index (χ0n) is 9.70. The number of hydrogen-bond acceptors (Lipinski definition) is 2. The highest BCUT2D eigenvalue weighted by Crippen LogP contribution is 2.24. The summed E-state index contributed by atoms with van der Waals surface area (Å²) in [5.41, 5.74) is 0. The first kappa shape index (κ1) is 12.0. The van der Waals surface area contributed by atoms with Crippen LogP contribution in [0.4, 0.5) is 0 Å². The maximum atomic E-state index is 11.8. The Balaban J connectivity index is 2.59. The molecule has 0 heterocycles. The van der Waals surface area contributed by atoms with E-state index >= 15 is 0 Å². The number of rotatable bonds is 4. The van der Waals surface area contributed by atoms with Crippen molar-refractivity contribution in [1.29, 1.82) is 5.26 Å². The highest BCUT2D eigenvalue weighted by Gasteiger charge is 2.26. The van der Waals surface area contributed by atoms with Gasteiger partial charge in [0, 0.05) is 12.6 Å². The number of amides is 1. The molecule has 0 aromatic carbocycles. The Morgan fingerprint density at radius 3 is 2.53 bits per heavy atom. The van der Waals surface area contributed by atoms with Crippen molar-refractivity contribution in [1.82, 2.24) is 4.90 Å². The molecule has 1 saturated carbocycles. The fourth-order valence-corrected chi connectivity index (χ4v) is 2.23. The molecule has 3 nitrogen and oxygen atoms in total. The molecule has 0 radical (unpaired) electrons. The van der Waals surface area contributed by atoms with Crippen molar-refractivity contribution in [2.24, 2.45) is 5.92 Å². The van der Waals surface area contributed by atoms with Crippen molar-refractivity contribution in [3.05, 3.63) is 0 Å². The SMILES string of the molecule is CC(C)CN(C(=O)CC#N)C1CCCC1. The Morgan fingerprint density at radius 2 is 2.07 bits per heavy atom. The highest BCUT2D eigenvalue weighted by atomic mass is 16.2. The molecule has 0 N–H and O–H groups in total. The van der Waals surface area contributed by atoms with Crippen LogP contribution in [0.15, 0.2) is 0 Å². The number of nitrogens with zero attached hydrogens (tertiary/aromatic N) is 2. The second-order valence-corrected chi connectivity index (χ2v) is 4.71. The smallest absolute Gasteiger partial charge is 0.237 e. The minimum atomic E-state index is 0.0121. The maximum absolute atomic E-state index is 11.8. The number of hydrogen-bond donors (Lipinski definition) is 0. The lowest BCUT2D eigenvalue weighted by Gasteiger charge is -2.30. The average Bonchev–Trinajstić information content (AvgIpc) is 2.66. The van der Waals surface area contributed by atoms with Gasteiger partial charge in [0.2, 0.25) is 5.91 Å². The third-order valence-corrected chi connectivity index (χ3v) is 2.88. The van der Waals surface area contributed by atoms with E-state index in [1.54, 1.807) is 0 Å². The predicted octanol–water partition coefficient (Wildman–Crippen LogP) is 2.33. The van der Waals surface area contributed by atoms with Crippen molar-refractivity contribution < 1.29 is 4.79 Å². The summed E-state index contributed by atoms with van der Waals surface area (Å²) < 4.78 is 0. The van der Waals surface area contributed by atoms with Crippen LogP contribution in [0, 0.1) is 17.2 Å². The first-order valence-electron chi connectivity index (χ1n) is 5.81. The van der Waals surface area contributed by atoms with Gasteiger partial charge in [0.25, 0.3) is 0 Å². The predicted molar refractivity (Wildman–Crippen MR) is 59.0 cm³/mol. The van der Waals surface area contributed by atoms with Gasteiger partial charge < -0.3 is 4.90 Å². The Labute approximate surface area is 92.1 Å². The van der Waals surface area contributed by atoms with Gasteiger partial charge in [0.05, 0.1) is 6.07 Å². The molecule has 0 saturated heterocycles. The Bertz CT molecular complexity index is 249. The van der Waals surface area contributed by atoms with Gasteiger partial charge in [-0.3, -0.25) is 4.79 Å². The molecule has 0 aromatic rings. The van der Waals surface area contributed by atoms with E-state index in [2.05, 4.69) is 13.8 Å². The molecular formula is C12H20N2O. The van der Waals surface area contributed by atoms with E-state index < -0.39 is 0 Å². The van der Waals surface area contributed by atoms with Crippen LogP contribution in [-0.2, 0) is 4.79 Å². The van der Waals surface area contributed by atoms with Gasteiger partial charge in [-0.05, 0) is 18.8 Å². The molecule has 84 valence electrons. The molecular weight excluding hydrogens is 188 g/mol. The van der Waals surface area contributed by atoms with Crippen molar-refractivity contribution in [2.45, 2.75) is 52.0 Å². The van der Waals surface area contributed by atoms with Crippen LogP contribution in [0.1, 0.15) is 46.0 Å². The second kappa shape index (κ2) is 5.75. The minimum absolute atomic E-state index is 0.0121. The van der Waals surface area contributed by atoms with Crippen molar-refractivity contribution >= 4 is 5.91 Å². The summed E-state index contributed by atoms with van der Waals surface area (Å²) in [7, 11) is 0. The van der Waals surface area contributed by atoms with Gasteiger partial charge in [-0.15, -0.1) is 0 Å². The van der Waals surface area contributed by atoms with Gasteiger partial charge >= 0.3 is 0 Å². The number of carbonyl (C=O) groups is 1. The largest absolute Gasteiger partial charge is 0.339 e. The standard InChI is InChI=1S/C12H20N2O/c1-10(2)9-14(12(15)7-8-13)11-5-3-4-6-11/h10-11H,3-7,9H2,1-2H3. The number of nitriles is 1. The summed E-state index contributed by atoms with van der Waals surface area (Å²) >= 11 is 0. The lowest BCUT2D eigenvalue weighted by atomic mass is 10.1. The first-order chi connectivity index (χ1) is 7.15. The van der Waals surface area contributed by atoms with E-state index in [4.69, 9.17) is 5.26 Å². The van der Waals surface area contributed by atoms with E-state index in [0.29, 0.717) is 12.0 Å². The summed E-state index contributed by atoms with van der Waals surface area (Å²) in [5.74, 6) is 0.492. The average molecular weight is 208 g/mol. The lowest BCUT2D eigenvalue weighted by molar-refractivity contribution is -0.132. The summed E-state index contributed by atoms with van der Waals surface area (Å²) in [6.07, 6.45) is 4.70. The van der Waals surface area contributed by atoms with Crippen LogP contribution in [0.3, 0.4) is 0 Å². The molecule has 0 atom stereocenters. The topological polar surface area (TPSA) is 44.1 Å². The fourth-order valence-electron chi connectivity index (χ4n) is 2.23. The molecule has 1 aliphatic carbocycles. The molecule has 0 unspecified atom stereocenters. The molecule has 3 heteroatoms. The Morgan fingerprint density at radius 1 is 1.47 bits per heavy atom. The van der Waals surface area contributed by atoms with Gasteiger partial charge in [0.15, 0.2) is 0 Å².